The van der Waals surface area contributed by atoms with E-state index in [1.54, 1.807) is 0 Å². The van der Waals surface area contributed by atoms with Gasteiger partial charge in [0.05, 0.1) is 6.04 Å². The predicted molar refractivity (Wildman–Crippen MR) is 61.3 cm³/mol. The number of carbonyl (C=O) groups excluding carboxylic acids is 1. The second kappa shape index (κ2) is 6.80. The van der Waals surface area contributed by atoms with Gasteiger partial charge < -0.3 is 11.5 Å². The van der Waals surface area contributed by atoms with E-state index in [0.717, 1.165) is 51.7 Å². The largest absolute Gasteiger partial charge is 0.368 e. The van der Waals surface area contributed by atoms with Gasteiger partial charge in [0, 0.05) is 0 Å². The summed E-state index contributed by atoms with van der Waals surface area (Å²) in [6.07, 6.45) is 6.62. The minimum Gasteiger partial charge on any atom is -0.368 e. The Kier molecular flexibility index (Phi) is 5.65. The SMILES string of the molecule is NCCCCCN1CCCCC1C(N)=O. The Balaban J connectivity index is 2.26. The van der Waals surface area contributed by atoms with Crippen molar-refractivity contribution < 1.29 is 4.79 Å². The molecule has 4 N–H and O–H groups in total. The first-order valence-corrected chi connectivity index (χ1v) is 5.99. The summed E-state index contributed by atoms with van der Waals surface area (Å²) in [7, 11) is 0. The molecule has 1 unspecified atom stereocenters. The van der Waals surface area contributed by atoms with E-state index in [4.69, 9.17) is 11.5 Å². The third-order valence-corrected chi connectivity index (χ3v) is 3.09. The molecule has 0 aromatic carbocycles. The highest BCUT2D eigenvalue weighted by atomic mass is 16.1. The van der Waals surface area contributed by atoms with E-state index in [1.807, 2.05) is 0 Å². The molecule has 1 amide bonds. The highest BCUT2D eigenvalue weighted by Gasteiger charge is 2.25. The molecule has 88 valence electrons. The van der Waals surface area contributed by atoms with E-state index in [9.17, 15) is 4.79 Å². The number of amides is 1. The lowest BCUT2D eigenvalue weighted by Gasteiger charge is -2.33. The lowest BCUT2D eigenvalue weighted by Crippen LogP contribution is -2.47. The molecule has 1 saturated heterocycles. The van der Waals surface area contributed by atoms with Crippen molar-refractivity contribution in [2.45, 2.75) is 44.6 Å². The molecule has 1 rings (SSSR count). The van der Waals surface area contributed by atoms with Gasteiger partial charge in [-0.25, -0.2) is 0 Å². The van der Waals surface area contributed by atoms with Gasteiger partial charge in [-0.05, 0) is 45.3 Å². The van der Waals surface area contributed by atoms with Crippen molar-refractivity contribution >= 4 is 5.91 Å². The molecule has 0 spiro atoms. The smallest absolute Gasteiger partial charge is 0.234 e. The third-order valence-electron chi connectivity index (χ3n) is 3.09. The third kappa shape index (κ3) is 4.18. The van der Waals surface area contributed by atoms with Crippen molar-refractivity contribution in [2.75, 3.05) is 19.6 Å². The standard InChI is InChI=1S/C11H23N3O/c12-7-3-1-4-8-14-9-5-2-6-10(14)11(13)15/h10H,1-9,12H2,(H2,13,15). The number of carbonyl (C=O) groups is 1. The molecule has 1 aliphatic heterocycles. The van der Waals surface area contributed by atoms with Crippen molar-refractivity contribution in [3.63, 3.8) is 0 Å². The van der Waals surface area contributed by atoms with E-state index in [0.29, 0.717) is 0 Å². The number of piperidine rings is 1. The van der Waals surface area contributed by atoms with Crippen LogP contribution in [0.1, 0.15) is 38.5 Å². The molecule has 1 fully saturated rings. The Morgan fingerprint density at radius 2 is 2.07 bits per heavy atom. The quantitative estimate of drug-likeness (QED) is 0.629. The fourth-order valence-corrected chi connectivity index (χ4v) is 2.22. The number of hydrogen-bond donors (Lipinski definition) is 2. The fraction of sp³-hybridized carbons (Fsp3) is 0.909. The second-order valence-corrected chi connectivity index (χ2v) is 4.30. The summed E-state index contributed by atoms with van der Waals surface area (Å²) in [5, 5.41) is 0. The summed E-state index contributed by atoms with van der Waals surface area (Å²) >= 11 is 0. The number of nitrogens with zero attached hydrogens (tertiary/aromatic N) is 1. The molecule has 0 bridgehead atoms. The number of likely N-dealkylation sites (tertiary alicyclic amines) is 1. The topological polar surface area (TPSA) is 72.3 Å². The molecule has 1 aliphatic rings. The first-order chi connectivity index (χ1) is 7.25. The molecule has 4 nitrogen and oxygen atoms in total. The number of primary amides is 1. The van der Waals surface area contributed by atoms with Crippen LogP contribution in [-0.2, 0) is 4.79 Å². The highest BCUT2D eigenvalue weighted by Crippen LogP contribution is 2.17. The van der Waals surface area contributed by atoms with Crippen LogP contribution in [0.15, 0.2) is 0 Å². The fourth-order valence-electron chi connectivity index (χ4n) is 2.22. The van der Waals surface area contributed by atoms with Gasteiger partial charge in [-0.1, -0.05) is 12.8 Å². The van der Waals surface area contributed by atoms with Crippen molar-refractivity contribution in [1.82, 2.24) is 4.90 Å². The molecule has 0 aromatic heterocycles. The van der Waals surface area contributed by atoms with Gasteiger partial charge in [0.2, 0.25) is 5.91 Å². The highest BCUT2D eigenvalue weighted by molar-refractivity contribution is 5.79. The Bertz CT molecular complexity index is 196. The van der Waals surface area contributed by atoms with E-state index < -0.39 is 0 Å². The van der Waals surface area contributed by atoms with Gasteiger partial charge in [-0.3, -0.25) is 9.69 Å². The first kappa shape index (κ1) is 12.5. The minimum absolute atomic E-state index is 0.0170. The molecule has 0 radical (unpaired) electrons. The average Bonchev–Trinajstić information content (AvgIpc) is 2.25. The zero-order valence-electron chi connectivity index (χ0n) is 9.45. The van der Waals surface area contributed by atoms with Gasteiger partial charge in [-0.2, -0.15) is 0 Å². The van der Waals surface area contributed by atoms with Gasteiger partial charge in [0.25, 0.3) is 0 Å². The van der Waals surface area contributed by atoms with Crippen LogP contribution in [0.5, 0.6) is 0 Å². The summed E-state index contributed by atoms with van der Waals surface area (Å²) < 4.78 is 0. The van der Waals surface area contributed by atoms with Crippen LogP contribution in [0, 0.1) is 0 Å². The lowest BCUT2D eigenvalue weighted by molar-refractivity contribution is -0.124. The Labute approximate surface area is 92.0 Å². The summed E-state index contributed by atoms with van der Waals surface area (Å²) in [5.41, 5.74) is 10.8. The minimum atomic E-state index is -0.159. The van der Waals surface area contributed by atoms with Crippen molar-refractivity contribution in [3.05, 3.63) is 0 Å². The second-order valence-electron chi connectivity index (χ2n) is 4.30. The molecule has 1 heterocycles. The van der Waals surface area contributed by atoms with Crippen molar-refractivity contribution in [2.24, 2.45) is 11.5 Å². The van der Waals surface area contributed by atoms with Gasteiger partial charge in [0.1, 0.15) is 0 Å². The summed E-state index contributed by atoms with van der Waals surface area (Å²) in [6, 6.07) is -0.0170. The molecule has 0 saturated carbocycles. The van der Waals surface area contributed by atoms with Crippen LogP contribution in [0.25, 0.3) is 0 Å². The van der Waals surface area contributed by atoms with Crippen molar-refractivity contribution in [3.8, 4) is 0 Å². The zero-order valence-corrected chi connectivity index (χ0v) is 9.45. The maximum atomic E-state index is 11.2. The maximum absolute atomic E-state index is 11.2. The van der Waals surface area contributed by atoms with E-state index >= 15 is 0 Å². The van der Waals surface area contributed by atoms with E-state index in [-0.39, 0.29) is 11.9 Å². The molecule has 1 atom stereocenters. The summed E-state index contributed by atoms with van der Waals surface area (Å²) in [4.78, 5) is 13.5. The van der Waals surface area contributed by atoms with E-state index in [2.05, 4.69) is 4.90 Å². The van der Waals surface area contributed by atoms with Gasteiger partial charge in [0.15, 0.2) is 0 Å². The van der Waals surface area contributed by atoms with Gasteiger partial charge >= 0.3 is 0 Å². The summed E-state index contributed by atoms with van der Waals surface area (Å²) in [6.45, 7) is 2.78. The molecule has 4 heteroatoms. The Morgan fingerprint density at radius 3 is 2.73 bits per heavy atom. The Morgan fingerprint density at radius 1 is 1.27 bits per heavy atom. The van der Waals surface area contributed by atoms with Crippen LogP contribution in [0.4, 0.5) is 0 Å². The van der Waals surface area contributed by atoms with Crippen molar-refractivity contribution in [1.29, 1.82) is 0 Å². The number of hydrogen-bond acceptors (Lipinski definition) is 3. The van der Waals surface area contributed by atoms with E-state index in [1.165, 1.54) is 6.42 Å². The Hall–Kier alpha value is -0.610. The summed E-state index contributed by atoms with van der Waals surface area (Å²) in [5.74, 6) is -0.159. The first-order valence-electron chi connectivity index (χ1n) is 5.99. The van der Waals surface area contributed by atoms with Crippen LogP contribution in [-0.4, -0.2) is 36.5 Å². The molecular weight excluding hydrogens is 190 g/mol. The zero-order chi connectivity index (χ0) is 11.1. The molecule has 0 aromatic rings. The predicted octanol–water partition coefficient (Wildman–Crippen LogP) is 0.455. The monoisotopic (exact) mass is 213 g/mol. The number of unbranched alkanes of at least 4 members (excludes halogenated alkanes) is 2. The molecule has 0 aliphatic carbocycles. The molecule has 15 heavy (non-hydrogen) atoms. The number of rotatable bonds is 6. The lowest BCUT2D eigenvalue weighted by atomic mass is 10.0. The molecular formula is C11H23N3O. The maximum Gasteiger partial charge on any atom is 0.234 e. The van der Waals surface area contributed by atoms with Crippen LogP contribution in [0.2, 0.25) is 0 Å². The average molecular weight is 213 g/mol. The van der Waals surface area contributed by atoms with Crippen LogP contribution in [0.3, 0.4) is 0 Å². The number of nitrogens with two attached hydrogens (primary N) is 2. The van der Waals surface area contributed by atoms with Gasteiger partial charge in [-0.15, -0.1) is 0 Å². The van der Waals surface area contributed by atoms with Crippen LogP contribution < -0.4 is 11.5 Å². The normalized spacial score (nSPS) is 22.9. The van der Waals surface area contributed by atoms with Crippen LogP contribution >= 0.6 is 0 Å².